The minimum atomic E-state index is 0.0371. The minimum Gasteiger partial charge on any atom is -0.423 e. The van der Waals surface area contributed by atoms with Gasteiger partial charge in [0.05, 0.1) is 0 Å². The third-order valence-corrected chi connectivity index (χ3v) is 2.78. The number of anilines is 1. The highest BCUT2D eigenvalue weighted by atomic mass is 16.4. The zero-order valence-electron chi connectivity index (χ0n) is 10.3. The zero-order valence-corrected chi connectivity index (χ0v) is 10.3. The zero-order chi connectivity index (χ0) is 11.9. The minimum absolute atomic E-state index is 0.0371. The molecule has 0 saturated heterocycles. The van der Waals surface area contributed by atoms with Gasteiger partial charge in [0.2, 0.25) is 0 Å². The molecule has 0 unspecified atom stereocenters. The monoisotopic (exact) mass is 218 g/mol. The topological polar surface area (TPSA) is 52.0 Å². The van der Waals surface area contributed by atoms with Crippen molar-refractivity contribution in [1.29, 1.82) is 0 Å². The van der Waals surface area contributed by atoms with Crippen molar-refractivity contribution in [1.82, 2.24) is 4.98 Å². The van der Waals surface area contributed by atoms with Crippen LogP contribution in [0.1, 0.15) is 38.8 Å². The molecule has 3 nitrogen and oxygen atoms in total. The highest BCUT2D eigenvalue weighted by Gasteiger charge is 2.21. The van der Waals surface area contributed by atoms with Gasteiger partial charge in [-0.2, -0.15) is 4.98 Å². The molecule has 2 aromatic rings. The predicted molar refractivity (Wildman–Crippen MR) is 66.5 cm³/mol. The molecule has 1 aromatic heterocycles. The molecule has 0 bridgehead atoms. The fourth-order valence-corrected chi connectivity index (χ4v) is 1.87. The Hall–Kier alpha value is -1.51. The largest absolute Gasteiger partial charge is 0.423 e. The van der Waals surface area contributed by atoms with E-state index in [9.17, 15) is 0 Å². The highest BCUT2D eigenvalue weighted by Crippen LogP contribution is 2.32. The summed E-state index contributed by atoms with van der Waals surface area (Å²) < 4.78 is 5.49. The molecule has 16 heavy (non-hydrogen) atoms. The van der Waals surface area contributed by atoms with Crippen molar-refractivity contribution in [2.75, 3.05) is 5.73 Å². The molecular weight excluding hydrogens is 200 g/mol. The average Bonchev–Trinajstić information content (AvgIpc) is 2.54. The SMILES string of the molecule is CCc1cc(C(C)(C)C)c2oc(N)nc2c1. The summed E-state index contributed by atoms with van der Waals surface area (Å²) in [6, 6.07) is 4.48. The van der Waals surface area contributed by atoms with E-state index in [4.69, 9.17) is 10.2 Å². The molecule has 3 heteroatoms. The Morgan fingerprint density at radius 3 is 2.56 bits per heavy atom. The fraction of sp³-hybridized carbons (Fsp3) is 0.462. The molecule has 2 rings (SSSR count). The van der Waals surface area contributed by atoms with Crippen molar-refractivity contribution < 1.29 is 4.42 Å². The van der Waals surface area contributed by atoms with Gasteiger partial charge in [0.1, 0.15) is 5.52 Å². The lowest BCUT2D eigenvalue weighted by molar-refractivity contribution is 0.563. The molecule has 0 spiro atoms. The van der Waals surface area contributed by atoms with E-state index in [0.29, 0.717) is 0 Å². The first-order chi connectivity index (χ1) is 7.41. The van der Waals surface area contributed by atoms with Gasteiger partial charge in [0, 0.05) is 5.56 Å². The second kappa shape index (κ2) is 3.51. The van der Waals surface area contributed by atoms with Crippen LogP contribution in [-0.4, -0.2) is 4.98 Å². The molecule has 0 aliphatic rings. The van der Waals surface area contributed by atoms with Gasteiger partial charge in [-0.05, 0) is 23.5 Å². The van der Waals surface area contributed by atoms with Gasteiger partial charge in [0.15, 0.2) is 5.58 Å². The Morgan fingerprint density at radius 2 is 2.00 bits per heavy atom. The van der Waals surface area contributed by atoms with Gasteiger partial charge < -0.3 is 10.2 Å². The summed E-state index contributed by atoms with van der Waals surface area (Å²) in [7, 11) is 0. The maximum absolute atomic E-state index is 5.62. The second-order valence-corrected chi connectivity index (χ2v) is 5.15. The third kappa shape index (κ3) is 1.77. The number of nitrogens with zero attached hydrogens (tertiary/aromatic N) is 1. The van der Waals surface area contributed by atoms with Crippen LogP contribution in [0.4, 0.5) is 6.01 Å². The summed E-state index contributed by atoms with van der Waals surface area (Å²) in [5.41, 5.74) is 9.78. The molecule has 0 atom stereocenters. The molecule has 0 fully saturated rings. The second-order valence-electron chi connectivity index (χ2n) is 5.15. The van der Waals surface area contributed by atoms with Crippen LogP contribution in [0.5, 0.6) is 0 Å². The lowest BCUT2D eigenvalue weighted by Gasteiger charge is -2.19. The van der Waals surface area contributed by atoms with Crippen LogP contribution in [0.15, 0.2) is 16.5 Å². The predicted octanol–water partition coefficient (Wildman–Crippen LogP) is 3.27. The first-order valence-corrected chi connectivity index (χ1v) is 5.61. The molecule has 86 valence electrons. The van der Waals surface area contributed by atoms with Crippen LogP contribution in [0.3, 0.4) is 0 Å². The van der Waals surface area contributed by atoms with E-state index in [0.717, 1.165) is 17.5 Å². The van der Waals surface area contributed by atoms with E-state index >= 15 is 0 Å². The number of nitrogens with two attached hydrogens (primary N) is 1. The number of aromatic nitrogens is 1. The smallest absolute Gasteiger partial charge is 0.292 e. The van der Waals surface area contributed by atoms with Crippen molar-refractivity contribution in [3.63, 3.8) is 0 Å². The van der Waals surface area contributed by atoms with E-state index < -0.39 is 0 Å². The average molecular weight is 218 g/mol. The van der Waals surface area contributed by atoms with Crippen molar-refractivity contribution in [2.45, 2.75) is 39.5 Å². The Bertz CT molecular complexity index is 520. The molecule has 0 aliphatic carbocycles. The summed E-state index contributed by atoms with van der Waals surface area (Å²) in [5.74, 6) is 0. The fourth-order valence-electron chi connectivity index (χ4n) is 1.87. The van der Waals surface area contributed by atoms with Crippen LogP contribution in [0.25, 0.3) is 11.1 Å². The van der Waals surface area contributed by atoms with E-state index in [-0.39, 0.29) is 11.4 Å². The molecule has 0 amide bonds. The van der Waals surface area contributed by atoms with Gasteiger partial charge in [-0.25, -0.2) is 0 Å². The van der Waals surface area contributed by atoms with Gasteiger partial charge in [-0.15, -0.1) is 0 Å². The number of oxazole rings is 1. The van der Waals surface area contributed by atoms with Crippen molar-refractivity contribution in [2.24, 2.45) is 0 Å². The number of fused-ring (bicyclic) bond motifs is 1. The number of nitrogen functional groups attached to an aromatic ring is 1. The number of hydrogen-bond acceptors (Lipinski definition) is 3. The maximum atomic E-state index is 5.62. The van der Waals surface area contributed by atoms with Crippen LogP contribution < -0.4 is 5.73 Å². The first kappa shape index (κ1) is 11.0. The summed E-state index contributed by atoms with van der Waals surface area (Å²) >= 11 is 0. The molecule has 0 saturated carbocycles. The summed E-state index contributed by atoms with van der Waals surface area (Å²) in [5, 5.41) is 0. The van der Waals surface area contributed by atoms with E-state index in [1.807, 2.05) is 6.07 Å². The van der Waals surface area contributed by atoms with Crippen LogP contribution in [0, 0.1) is 0 Å². The molecule has 0 radical (unpaired) electrons. The Labute approximate surface area is 95.7 Å². The van der Waals surface area contributed by atoms with Crippen molar-refractivity contribution >= 4 is 17.1 Å². The van der Waals surface area contributed by atoms with E-state index in [1.165, 1.54) is 11.1 Å². The summed E-state index contributed by atoms with van der Waals surface area (Å²) in [4.78, 5) is 4.21. The molecule has 0 aliphatic heterocycles. The number of benzene rings is 1. The van der Waals surface area contributed by atoms with Gasteiger partial charge in [0.25, 0.3) is 6.01 Å². The van der Waals surface area contributed by atoms with Crippen molar-refractivity contribution in [3.05, 3.63) is 23.3 Å². The Balaban J connectivity index is 2.78. The van der Waals surface area contributed by atoms with Gasteiger partial charge >= 0.3 is 0 Å². The standard InChI is InChI=1S/C13H18N2O/c1-5-8-6-9(13(2,3)4)11-10(7-8)15-12(14)16-11/h6-7H,5H2,1-4H3,(H2,14,15). The van der Waals surface area contributed by atoms with E-state index in [2.05, 4.69) is 38.7 Å². The highest BCUT2D eigenvalue weighted by molar-refractivity contribution is 5.80. The first-order valence-electron chi connectivity index (χ1n) is 5.61. The van der Waals surface area contributed by atoms with E-state index in [1.54, 1.807) is 0 Å². The molecular formula is C13H18N2O. The molecule has 1 heterocycles. The van der Waals surface area contributed by atoms with Crippen LogP contribution in [-0.2, 0) is 11.8 Å². The number of rotatable bonds is 1. The lowest BCUT2D eigenvalue weighted by atomic mass is 9.85. The molecule has 1 aromatic carbocycles. The Morgan fingerprint density at radius 1 is 1.31 bits per heavy atom. The lowest BCUT2D eigenvalue weighted by Crippen LogP contribution is -2.11. The Kier molecular flexibility index (Phi) is 2.41. The number of hydrogen-bond donors (Lipinski definition) is 1. The summed E-state index contributed by atoms with van der Waals surface area (Å²) in [6.45, 7) is 8.64. The van der Waals surface area contributed by atoms with Gasteiger partial charge in [-0.1, -0.05) is 33.8 Å². The number of aryl methyl sites for hydroxylation is 1. The molecule has 2 N–H and O–H groups in total. The maximum Gasteiger partial charge on any atom is 0.292 e. The quantitative estimate of drug-likeness (QED) is 0.799. The third-order valence-electron chi connectivity index (χ3n) is 2.78. The summed E-state index contributed by atoms with van der Waals surface area (Å²) in [6.07, 6.45) is 0.992. The van der Waals surface area contributed by atoms with Gasteiger partial charge in [-0.3, -0.25) is 0 Å². The van der Waals surface area contributed by atoms with Crippen molar-refractivity contribution in [3.8, 4) is 0 Å². The van der Waals surface area contributed by atoms with Crippen LogP contribution in [0.2, 0.25) is 0 Å². The normalized spacial score (nSPS) is 12.2. The van der Waals surface area contributed by atoms with Crippen LogP contribution >= 0.6 is 0 Å².